The fraction of sp³-hybridized carbons (Fsp3) is 0.158. The van der Waals surface area contributed by atoms with Crippen LogP contribution in [0.25, 0.3) is 20.2 Å². The van der Waals surface area contributed by atoms with Gasteiger partial charge in [0.05, 0.1) is 4.88 Å². The highest BCUT2D eigenvalue weighted by atomic mass is 32.1. The molecular formula is C19H16O2S2. The summed E-state index contributed by atoms with van der Waals surface area (Å²) in [5, 5.41) is 0. The minimum atomic E-state index is 0.745. The molecule has 0 saturated heterocycles. The van der Waals surface area contributed by atoms with Crippen molar-refractivity contribution in [3.63, 3.8) is 0 Å². The van der Waals surface area contributed by atoms with Crippen LogP contribution in [-0.4, -0.2) is 12.6 Å². The van der Waals surface area contributed by atoms with E-state index in [1.165, 1.54) is 16.2 Å². The summed E-state index contributed by atoms with van der Waals surface area (Å²) >= 11 is 3.22. The standard InChI is InChI=1S/C19H16O2S2/c1-3-13-9-14(8-12(2)16(13)11-21)17-6-7-19(23-17)18-5-4-15(10-20)22-18/h4-11H,3H2,1-2H3. The fourth-order valence-electron chi connectivity index (χ4n) is 2.65. The molecule has 2 nitrogen and oxygen atoms in total. The number of aldehydes is 2. The number of thiophene rings is 2. The summed E-state index contributed by atoms with van der Waals surface area (Å²) in [6.07, 6.45) is 2.68. The molecule has 1 aromatic carbocycles. The minimum Gasteiger partial charge on any atom is -0.298 e. The van der Waals surface area contributed by atoms with E-state index in [1.54, 1.807) is 11.3 Å². The highest BCUT2D eigenvalue weighted by molar-refractivity contribution is 7.24. The number of benzene rings is 1. The van der Waals surface area contributed by atoms with Crippen LogP contribution in [0.1, 0.15) is 38.1 Å². The van der Waals surface area contributed by atoms with Crippen LogP contribution in [-0.2, 0) is 6.42 Å². The van der Waals surface area contributed by atoms with Crippen molar-refractivity contribution in [1.82, 2.24) is 0 Å². The van der Waals surface area contributed by atoms with Crippen LogP contribution in [0.5, 0.6) is 0 Å². The first kappa shape index (κ1) is 15.8. The van der Waals surface area contributed by atoms with Crippen LogP contribution in [0.2, 0.25) is 0 Å². The van der Waals surface area contributed by atoms with Gasteiger partial charge in [-0.15, -0.1) is 22.7 Å². The van der Waals surface area contributed by atoms with Crippen molar-refractivity contribution in [3.05, 3.63) is 58.0 Å². The molecule has 2 aromatic heterocycles. The van der Waals surface area contributed by atoms with Crippen molar-refractivity contribution >= 4 is 35.2 Å². The number of aryl methyl sites for hydroxylation is 2. The summed E-state index contributed by atoms with van der Waals surface area (Å²) in [6, 6.07) is 12.2. The van der Waals surface area contributed by atoms with E-state index in [0.717, 1.165) is 55.9 Å². The van der Waals surface area contributed by atoms with Crippen molar-refractivity contribution in [2.45, 2.75) is 20.3 Å². The molecular weight excluding hydrogens is 324 g/mol. The molecule has 3 aromatic rings. The number of hydrogen-bond donors (Lipinski definition) is 0. The van der Waals surface area contributed by atoms with E-state index in [1.807, 2.05) is 19.1 Å². The monoisotopic (exact) mass is 340 g/mol. The van der Waals surface area contributed by atoms with Crippen LogP contribution < -0.4 is 0 Å². The van der Waals surface area contributed by atoms with Gasteiger partial charge in [0.2, 0.25) is 0 Å². The second kappa shape index (κ2) is 6.60. The van der Waals surface area contributed by atoms with Crippen LogP contribution in [0.15, 0.2) is 36.4 Å². The molecule has 0 radical (unpaired) electrons. The Morgan fingerprint density at radius 1 is 0.913 bits per heavy atom. The number of carbonyl (C=O) groups is 2. The average Bonchev–Trinajstić information content (AvgIpc) is 3.22. The quantitative estimate of drug-likeness (QED) is 0.563. The second-order valence-electron chi connectivity index (χ2n) is 5.32. The predicted octanol–water partition coefficient (Wildman–Crippen LogP) is 5.64. The third-order valence-electron chi connectivity index (χ3n) is 3.85. The lowest BCUT2D eigenvalue weighted by atomic mass is 9.97. The third-order valence-corrected chi connectivity index (χ3v) is 6.19. The second-order valence-corrected chi connectivity index (χ2v) is 7.52. The smallest absolute Gasteiger partial charge is 0.160 e. The zero-order valence-corrected chi connectivity index (χ0v) is 14.6. The molecule has 0 atom stereocenters. The van der Waals surface area contributed by atoms with Crippen LogP contribution in [0.4, 0.5) is 0 Å². The molecule has 2 heterocycles. The van der Waals surface area contributed by atoms with Gasteiger partial charge in [-0.3, -0.25) is 9.59 Å². The van der Waals surface area contributed by atoms with Crippen molar-refractivity contribution in [1.29, 1.82) is 0 Å². The van der Waals surface area contributed by atoms with Crippen LogP contribution in [0, 0.1) is 6.92 Å². The Hall–Kier alpha value is -2.04. The van der Waals surface area contributed by atoms with Gasteiger partial charge in [0, 0.05) is 20.2 Å². The summed E-state index contributed by atoms with van der Waals surface area (Å²) < 4.78 is 0. The number of carbonyl (C=O) groups excluding carboxylic acids is 2. The molecule has 0 aliphatic carbocycles. The predicted molar refractivity (Wildman–Crippen MR) is 98.0 cm³/mol. The lowest BCUT2D eigenvalue weighted by Crippen LogP contribution is -1.95. The molecule has 0 spiro atoms. The van der Waals surface area contributed by atoms with Crippen molar-refractivity contribution in [2.24, 2.45) is 0 Å². The summed E-state index contributed by atoms with van der Waals surface area (Å²) in [6.45, 7) is 4.05. The molecule has 3 rings (SSSR count). The average molecular weight is 340 g/mol. The van der Waals surface area contributed by atoms with Gasteiger partial charge in [-0.2, -0.15) is 0 Å². The van der Waals surface area contributed by atoms with Gasteiger partial charge in [-0.1, -0.05) is 6.92 Å². The molecule has 0 saturated carbocycles. The van der Waals surface area contributed by atoms with E-state index < -0.39 is 0 Å². The lowest BCUT2D eigenvalue weighted by Gasteiger charge is -2.09. The van der Waals surface area contributed by atoms with Gasteiger partial charge in [-0.25, -0.2) is 0 Å². The fourth-order valence-corrected chi connectivity index (χ4v) is 4.56. The SMILES string of the molecule is CCc1cc(-c2ccc(-c3ccc(C=O)s3)s2)cc(C)c1C=O. The van der Waals surface area contributed by atoms with Gasteiger partial charge in [-0.05, 0) is 66.4 Å². The first-order valence-electron chi connectivity index (χ1n) is 7.40. The highest BCUT2D eigenvalue weighted by Crippen LogP contribution is 2.38. The molecule has 0 aliphatic rings. The van der Waals surface area contributed by atoms with Gasteiger partial charge < -0.3 is 0 Å². The summed E-state index contributed by atoms with van der Waals surface area (Å²) in [5.74, 6) is 0. The normalized spacial score (nSPS) is 10.7. The van der Waals surface area contributed by atoms with E-state index in [0.29, 0.717) is 0 Å². The maximum Gasteiger partial charge on any atom is 0.160 e. The lowest BCUT2D eigenvalue weighted by molar-refractivity contribution is 0.111. The zero-order chi connectivity index (χ0) is 16.4. The van der Waals surface area contributed by atoms with Gasteiger partial charge in [0.1, 0.15) is 0 Å². The minimum absolute atomic E-state index is 0.745. The largest absolute Gasteiger partial charge is 0.298 e. The Labute approximate surface area is 143 Å². The molecule has 116 valence electrons. The summed E-state index contributed by atoms with van der Waals surface area (Å²) in [5.41, 5.74) is 4.06. The Bertz CT molecular complexity index is 871. The van der Waals surface area contributed by atoms with Gasteiger partial charge >= 0.3 is 0 Å². The molecule has 0 unspecified atom stereocenters. The molecule has 0 N–H and O–H groups in total. The molecule has 0 amide bonds. The zero-order valence-electron chi connectivity index (χ0n) is 13.0. The first-order valence-corrected chi connectivity index (χ1v) is 9.03. The third kappa shape index (κ3) is 3.05. The molecule has 0 aliphatic heterocycles. The Balaban J connectivity index is 2.01. The summed E-state index contributed by atoms with van der Waals surface area (Å²) in [4.78, 5) is 26.3. The van der Waals surface area contributed by atoms with Crippen LogP contribution in [0.3, 0.4) is 0 Å². The number of hydrogen-bond acceptors (Lipinski definition) is 4. The Morgan fingerprint density at radius 3 is 2.26 bits per heavy atom. The van der Waals surface area contributed by atoms with Crippen molar-refractivity contribution < 1.29 is 9.59 Å². The Kier molecular flexibility index (Phi) is 4.55. The van der Waals surface area contributed by atoms with E-state index in [4.69, 9.17) is 0 Å². The van der Waals surface area contributed by atoms with E-state index in [-0.39, 0.29) is 0 Å². The topological polar surface area (TPSA) is 34.1 Å². The van der Waals surface area contributed by atoms with E-state index >= 15 is 0 Å². The maximum atomic E-state index is 11.3. The van der Waals surface area contributed by atoms with E-state index in [9.17, 15) is 9.59 Å². The highest BCUT2D eigenvalue weighted by Gasteiger charge is 2.11. The van der Waals surface area contributed by atoms with Crippen LogP contribution >= 0.6 is 22.7 Å². The first-order chi connectivity index (χ1) is 11.2. The Morgan fingerprint density at radius 2 is 1.61 bits per heavy atom. The molecule has 23 heavy (non-hydrogen) atoms. The van der Waals surface area contributed by atoms with Gasteiger partial charge in [0.15, 0.2) is 12.6 Å². The molecule has 4 heteroatoms. The maximum absolute atomic E-state index is 11.3. The van der Waals surface area contributed by atoms with Crippen molar-refractivity contribution in [2.75, 3.05) is 0 Å². The molecule has 0 bridgehead atoms. The van der Waals surface area contributed by atoms with Gasteiger partial charge in [0.25, 0.3) is 0 Å². The summed E-state index contributed by atoms with van der Waals surface area (Å²) in [7, 11) is 0. The van der Waals surface area contributed by atoms with E-state index in [2.05, 4.69) is 31.2 Å². The molecule has 0 fully saturated rings. The number of rotatable bonds is 5. The van der Waals surface area contributed by atoms with Crippen molar-refractivity contribution in [3.8, 4) is 20.2 Å².